The number of aliphatic hydroxyl groups is 1. The largest absolute Gasteiger partial charge is 0.395 e. The number of hydrogen-bond donors (Lipinski definition) is 3. The van der Waals surface area contributed by atoms with Crippen LogP contribution in [0.4, 0.5) is 5.69 Å². The third-order valence-electron chi connectivity index (χ3n) is 4.02. The normalized spacial score (nSPS) is 10.7. The summed E-state index contributed by atoms with van der Waals surface area (Å²) in [4.78, 5) is 12.0. The van der Waals surface area contributed by atoms with Gasteiger partial charge in [-0.1, -0.05) is 19.9 Å². The van der Waals surface area contributed by atoms with Gasteiger partial charge in [-0.15, -0.1) is 0 Å². The Hall–Kier alpha value is -2.34. The van der Waals surface area contributed by atoms with E-state index in [2.05, 4.69) is 29.6 Å². The molecule has 0 aliphatic heterocycles. The van der Waals surface area contributed by atoms with Crippen LogP contribution in [0.15, 0.2) is 24.3 Å². The van der Waals surface area contributed by atoms with Crippen molar-refractivity contribution in [1.82, 2.24) is 15.1 Å². The summed E-state index contributed by atoms with van der Waals surface area (Å²) in [5.41, 5.74) is 5.04. The maximum absolute atomic E-state index is 12.0. The number of anilines is 1. The van der Waals surface area contributed by atoms with Crippen LogP contribution in [0.5, 0.6) is 0 Å². The van der Waals surface area contributed by atoms with Crippen molar-refractivity contribution in [2.24, 2.45) is 7.05 Å². The van der Waals surface area contributed by atoms with E-state index in [1.165, 1.54) is 11.3 Å². The SMILES string of the molecule is CCc1nn(C)c(CC)c1CNc1cccc(C(=O)NCCO)c1. The number of rotatable bonds is 8. The van der Waals surface area contributed by atoms with Crippen LogP contribution in [-0.4, -0.2) is 33.9 Å². The van der Waals surface area contributed by atoms with Crippen molar-refractivity contribution in [3.05, 3.63) is 46.8 Å². The number of aliphatic hydroxyl groups excluding tert-OH is 1. The number of carbonyl (C=O) groups excluding carboxylic acids is 1. The quantitative estimate of drug-likeness (QED) is 0.690. The maximum atomic E-state index is 12.0. The number of benzene rings is 1. The van der Waals surface area contributed by atoms with Crippen molar-refractivity contribution in [3.8, 4) is 0 Å². The lowest BCUT2D eigenvalue weighted by molar-refractivity contribution is 0.0945. The smallest absolute Gasteiger partial charge is 0.251 e. The molecule has 3 N–H and O–H groups in total. The van der Waals surface area contributed by atoms with E-state index >= 15 is 0 Å². The van der Waals surface area contributed by atoms with Gasteiger partial charge in [0.15, 0.2) is 0 Å². The van der Waals surface area contributed by atoms with Gasteiger partial charge >= 0.3 is 0 Å². The van der Waals surface area contributed by atoms with Crippen LogP contribution in [0.2, 0.25) is 0 Å². The molecule has 2 rings (SSSR count). The maximum Gasteiger partial charge on any atom is 0.251 e. The Kier molecular flexibility index (Phi) is 6.37. The molecule has 0 fully saturated rings. The van der Waals surface area contributed by atoms with Gasteiger partial charge < -0.3 is 15.7 Å². The summed E-state index contributed by atoms with van der Waals surface area (Å²) in [5.74, 6) is -0.183. The van der Waals surface area contributed by atoms with E-state index in [4.69, 9.17) is 5.11 Å². The van der Waals surface area contributed by atoms with Crippen molar-refractivity contribution in [2.45, 2.75) is 33.2 Å². The Morgan fingerprint density at radius 3 is 2.75 bits per heavy atom. The number of aromatic nitrogens is 2. The lowest BCUT2D eigenvalue weighted by atomic mass is 10.1. The Bertz CT molecular complexity index is 694. The minimum absolute atomic E-state index is 0.0652. The number of carbonyl (C=O) groups is 1. The second-order valence-corrected chi connectivity index (χ2v) is 5.62. The number of hydrogen-bond acceptors (Lipinski definition) is 4. The zero-order chi connectivity index (χ0) is 17.5. The standard InChI is InChI=1S/C18H26N4O2/c1-4-16-15(17(5-2)22(3)21-16)12-20-14-8-6-7-13(11-14)18(24)19-9-10-23/h6-8,11,20,23H,4-5,9-10,12H2,1-3H3,(H,19,24). The Labute approximate surface area is 142 Å². The van der Waals surface area contributed by atoms with Gasteiger partial charge in [0.1, 0.15) is 0 Å². The molecular formula is C18H26N4O2. The van der Waals surface area contributed by atoms with Crippen molar-refractivity contribution < 1.29 is 9.90 Å². The van der Waals surface area contributed by atoms with Crippen LogP contribution in [0.25, 0.3) is 0 Å². The van der Waals surface area contributed by atoms with E-state index in [1.807, 2.05) is 29.9 Å². The molecule has 0 aliphatic rings. The average Bonchev–Trinajstić information content (AvgIpc) is 2.92. The average molecular weight is 330 g/mol. The molecule has 0 bridgehead atoms. The molecule has 1 aromatic heterocycles. The zero-order valence-corrected chi connectivity index (χ0v) is 14.6. The van der Waals surface area contributed by atoms with Crippen LogP contribution in [0.1, 0.15) is 41.2 Å². The minimum atomic E-state index is -0.183. The lowest BCUT2D eigenvalue weighted by Gasteiger charge is -2.10. The highest BCUT2D eigenvalue weighted by Gasteiger charge is 2.13. The van der Waals surface area contributed by atoms with Crippen molar-refractivity contribution in [2.75, 3.05) is 18.5 Å². The number of amides is 1. The monoisotopic (exact) mass is 330 g/mol. The molecule has 2 aromatic rings. The van der Waals surface area contributed by atoms with Gasteiger partial charge in [-0.25, -0.2) is 0 Å². The Morgan fingerprint density at radius 2 is 2.08 bits per heavy atom. The molecule has 1 heterocycles. The van der Waals surface area contributed by atoms with Crippen LogP contribution >= 0.6 is 0 Å². The number of nitrogens with one attached hydrogen (secondary N) is 2. The minimum Gasteiger partial charge on any atom is -0.395 e. The summed E-state index contributed by atoms with van der Waals surface area (Å²) in [7, 11) is 1.98. The van der Waals surface area contributed by atoms with Crippen LogP contribution in [0, 0.1) is 0 Å². The van der Waals surface area contributed by atoms with Gasteiger partial charge in [-0.3, -0.25) is 9.48 Å². The summed E-state index contributed by atoms with van der Waals surface area (Å²) < 4.78 is 1.95. The van der Waals surface area contributed by atoms with Crippen molar-refractivity contribution in [3.63, 3.8) is 0 Å². The summed E-state index contributed by atoms with van der Waals surface area (Å²) in [5, 5.41) is 19.4. The van der Waals surface area contributed by atoms with Crippen molar-refractivity contribution in [1.29, 1.82) is 0 Å². The third kappa shape index (κ3) is 4.14. The highest BCUT2D eigenvalue weighted by molar-refractivity contribution is 5.95. The predicted molar refractivity (Wildman–Crippen MR) is 95.2 cm³/mol. The first-order valence-corrected chi connectivity index (χ1v) is 8.37. The molecular weight excluding hydrogens is 304 g/mol. The molecule has 0 radical (unpaired) electrons. The third-order valence-corrected chi connectivity index (χ3v) is 4.02. The molecule has 24 heavy (non-hydrogen) atoms. The Balaban J connectivity index is 2.11. The molecule has 0 atom stereocenters. The zero-order valence-electron chi connectivity index (χ0n) is 14.6. The summed E-state index contributed by atoms with van der Waals surface area (Å²) in [6, 6.07) is 7.37. The predicted octanol–water partition coefficient (Wildman–Crippen LogP) is 1.88. The first kappa shape index (κ1) is 18.0. The van der Waals surface area contributed by atoms with Crippen molar-refractivity contribution >= 4 is 11.6 Å². The molecule has 0 aliphatic carbocycles. The highest BCUT2D eigenvalue weighted by atomic mass is 16.3. The second kappa shape index (κ2) is 8.49. The summed E-state index contributed by atoms with van der Waals surface area (Å²) in [6.45, 7) is 5.11. The Morgan fingerprint density at radius 1 is 1.29 bits per heavy atom. The fourth-order valence-electron chi connectivity index (χ4n) is 2.83. The van der Waals surface area contributed by atoms with Gasteiger partial charge in [-0.05, 0) is 31.0 Å². The molecule has 6 nitrogen and oxygen atoms in total. The van der Waals surface area contributed by atoms with E-state index in [0.717, 1.165) is 24.2 Å². The molecule has 0 saturated heterocycles. The molecule has 0 unspecified atom stereocenters. The van der Waals surface area contributed by atoms with E-state index < -0.39 is 0 Å². The molecule has 6 heteroatoms. The first-order chi connectivity index (χ1) is 11.6. The fraction of sp³-hybridized carbons (Fsp3) is 0.444. The lowest BCUT2D eigenvalue weighted by Crippen LogP contribution is -2.26. The van der Waals surface area contributed by atoms with Gasteiger partial charge in [0, 0.05) is 42.6 Å². The summed E-state index contributed by atoms with van der Waals surface area (Å²) in [6.07, 6.45) is 1.83. The van der Waals surface area contributed by atoms with Gasteiger partial charge in [-0.2, -0.15) is 5.10 Å². The molecule has 1 aromatic carbocycles. The van der Waals surface area contributed by atoms with E-state index in [-0.39, 0.29) is 19.1 Å². The topological polar surface area (TPSA) is 79.2 Å². The summed E-state index contributed by atoms with van der Waals surface area (Å²) >= 11 is 0. The van der Waals surface area contributed by atoms with Gasteiger partial charge in [0.25, 0.3) is 5.91 Å². The molecule has 0 saturated carbocycles. The van der Waals surface area contributed by atoms with E-state index in [0.29, 0.717) is 12.1 Å². The van der Waals surface area contributed by atoms with Crippen LogP contribution in [0.3, 0.4) is 0 Å². The first-order valence-electron chi connectivity index (χ1n) is 8.37. The number of nitrogens with zero attached hydrogens (tertiary/aromatic N) is 2. The van der Waals surface area contributed by atoms with E-state index in [9.17, 15) is 4.79 Å². The fourth-order valence-corrected chi connectivity index (χ4v) is 2.83. The van der Waals surface area contributed by atoms with Crippen LogP contribution in [-0.2, 0) is 26.4 Å². The molecule has 1 amide bonds. The van der Waals surface area contributed by atoms with Gasteiger partial charge in [0.05, 0.1) is 12.3 Å². The molecule has 0 spiro atoms. The van der Waals surface area contributed by atoms with Gasteiger partial charge in [0.2, 0.25) is 0 Å². The highest BCUT2D eigenvalue weighted by Crippen LogP contribution is 2.18. The van der Waals surface area contributed by atoms with Crippen LogP contribution < -0.4 is 10.6 Å². The second-order valence-electron chi connectivity index (χ2n) is 5.62. The number of aryl methyl sites for hydroxylation is 2. The van der Waals surface area contributed by atoms with E-state index in [1.54, 1.807) is 6.07 Å². The molecule has 130 valence electrons.